The molecule has 0 spiro atoms. The van der Waals surface area contributed by atoms with Crippen molar-refractivity contribution in [2.45, 2.75) is 13.2 Å². The van der Waals surface area contributed by atoms with E-state index in [1.807, 2.05) is 24.3 Å². The van der Waals surface area contributed by atoms with E-state index >= 15 is 0 Å². The van der Waals surface area contributed by atoms with Gasteiger partial charge in [-0.25, -0.2) is 0 Å². The Balaban J connectivity index is 2.02. The number of halogens is 1. The molecule has 0 bridgehead atoms. The van der Waals surface area contributed by atoms with Gasteiger partial charge in [0.2, 0.25) is 0 Å². The van der Waals surface area contributed by atoms with Gasteiger partial charge in [0.15, 0.2) is 0 Å². The minimum atomic E-state index is -0.185. The van der Waals surface area contributed by atoms with E-state index in [4.69, 9.17) is 10.8 Å². The molecule has 0 aromatic heterocycles. The van der Waals surface area contributed by atoms with Crippen molar-refractivity contribution >= 4 is 27.5 Å². The Labute approximate surface area is 125 Å². The SMILES string of the molecule is Nc1ccc(Br)c(C(=O)NCc2ccc(CO)cc2)c1. The first-order chi connectivity index (χ1) is 9.60. The highest BCUT2D eigenvalue weighted by atomic mass is 79.9. The molecular formula is C15H15BrN2O2. The van der Waals surface area contributed by atoms with Crippen molar-refractivity contribution < 1.29 is 9.90 Å². The van der Waals surface area contributed by atoms with Crippen LogP contribution >= 0.6 is 15.9 Å². The predicted molar refractivity (Wildman–Crippen MR) is 82.1 cm³/mol. The molecule has 0 heterocycles. The quantitative estimate of drug-likeness (QED) is 0.752. The van der Waals surface area contributed by atoms with Crippen LogP contribution in [0.5, 0.6) is 0 Å². The van der Waals surface area contributed by atoms with E-state index in [0.29, 0.717) is 22.3 Å². The molecule has 0 saturated heterocycles. The first kappa shape index (κ1) is 14.6. The second-order valence-electron chi connectivity index (χ2n) is 4.40. The number of nitrogens with two attached hydrogens (primary N) is 1. The van der Waals surface area contributed by atoms with E-state index < -0.39 is 0 Å². The zero-order valence-electron chi connectivity index (χ0n) is 10.8. The molecule has 0 radical (unpaired) electrons. The van der Waals surface area contributed by atoms with Crippen molar-refractivity contribution in [3.05, 3.63) is 63.6 Å². The van der Waals surface area contributed by atoms with Crippen molar-refractivity contribution in [3.63, 3.8) is 0 Å². The highest BCUT2D eigenvalue weighted by Crippen LogP contribution is 2.19. The highest BCUT2D eigenvalue weighted by molar-refractivity contribution is 9.10. The number of aliphatic hydroxyl groups excluding tert-OH is 1. The third kappa shape index (κ3) is 3.59. The standard InChI is InChI=1S/C15H15BrN2O2/c16-14-6-5-12(17)7-13(14)15(20)18-8-10-1-3-11(9-19)4-2-10/h1-7,19H,8-9,17H2,(H,18,20). The molecular weight excluding hydrogens is 320 g/mol. The van der Waals surface area contributed by atoms with Gasteiger partial charge in [-0.2, -0.15) is 0 Å². The Kier molecular flexibility index (Phi) is 4.76. The summed E-state index contributed by atoms with van der Waals surface area (Å²) in [5, 5.41) is 11.8. The van der Waals surface area contributed by atoms with Crippen LogP contribution in [0, 0.1) is 0 Å². The number of hydrogen-bond acceptors (Lipinski definition) is 3. The van der Waals surface area contributed by atoms with Gasteiger partial charge in [-0.05, 0) is 45.3 Å². The topological polar surface area (TPSA) is 75.4 Å². The number of rotatable bonds is 4. The minimum absolute atomic E-state index is 0.0167. The van der Waals surface area contributed by atoms with E-state index in [0.717, 1.165) is 11.1 Å². The van der Waals surface area contributed by atoms with Crippen LogP contribution in [0.3, 0.4) is 0 Å². The van der Waals surface area contributed by atoms with E-state index in [-0.39, 0.29) is 12.5 Å². The number of amides is 1. The lowest BCUT2D eigenvalue weighted by atomic mass is 10.1. The van der Waals surface area contributed by atoms with Crippen molar-refractivity contribution in [3.8, 4) is 0 Å². The monoisotopic (exact) mass is 334 g/mol. The molecule has 0 atom stereocenters. The summed E-state index contributed by atoms with van der Waals surface area (Å²) >= 11 is 3.33. The third-order valence-corrected chi connectivity index (χ3v) is 3.59. The van der Waals surface area contributed by atoms with Crippen LogP contribution in [-0.2, 0) is 13.2 Å². The minimum Gasteiger partial charge on any atom is -0.399 e. The lowest BCUT2D eigenvalue weighted by Gasteiger charge is -2.08. The second-order valence-corrected chi connectivity index (χ2v) is 5.25. The molecule has 0 unspecified atom stereocenters. The van der Waals surface area contributed by atoms with Gasteiger partial charge in [0.05, 0.1) is 12.2 Å². The van der Waals surface area contributed by atoms with Crippen LogP contribution in [0.4, 0.5) is 5.69 Å². The number of carbonyl (C=O) groups excluding carboxylic acids is 1. The van der Waals surface area contributed by atoms with E-state index in [1.54, 1.807) is 18.2 Å². The van der Waals surface area contributed by atoms with E-state index in [9.17, 15) is 4.79 Å². The number of nitrogens with one attached hydrogen (secondary N) is 1. The Morgan fingerprint density at radius 2 is 1.80 bits per heavy atom. The number of anilines is 1. The lowest BCUT2D eigenvalue weighted by Crippen LogP contribution is -2.23. The van der Waals surface area contributed by atoms with Crippen LogP contribution in [0.1, 0.15) is 21.5 Å². The maximum atomic E-state index is 12.1. The first-order valence-electron chi connectivity index (χ1n) is 6.12. The maximum Gasteiger partial charge on any atom is 0.252 e. The smallest absolute Gasteiger partial charge is 0.252 e. The Hall–Kier alpha value is -1.85. The van der Waals surface area contributed by atoms with Crippen molar-refractivity contribution in [1.82, 2.24) is 5.32 Å². The fraction of sp³-hybridized carbons (Fsp3) is 0.133. The molecule has 0 fully saturated rings. The summed E-state index contributed by atoms with van der Waals surface area (Å²) < 4.78 is 0.708. The summed E-state index contributed by atoms with van der Waals surface area (Å²) in [5.74, 6) is -0.185. The number of aliphatic hydroxyl groups is 1. The highest BCUT2D eigenvalue weighted by Gasteiger charge is 2.10. The normalized spacial score (nSPS) is 10.3. The molecule has 2 rings (SSSR count). The number of benzene rings is 2. The largest absolute Gasteiger partial charge is 0.399 e. The molecule has 0 aliphatic rings. The number of carbonyl (C=O) groups is 1. The predicted octanol–water partition coefficient (Wildman–Crippen LogP) is 2.45. The van der Waals surface area contributed by atoms with Crippen LogP contribution < -0.4 is 11.1 Å². The number of nitrogen functional groups attached to an aromatic ring is 1. The van der Waals surface area contributed by atoms with Crippen LogP contribution in [0.25, 0.3) is 0 Å². The molecule has 0 aliphatic carbocycles. The molecule has 4 N–H and O–H groups in total. The van der Waals surface area contributed by atoms with Gasteiger partial charge in [-0.3, -0.25) is 4.79 Å². The van der Waals surface area contributed by atoms with Crippen LogP contribution in [0.15, 0.2) is 46.9 Å². The fourth-order valence-corrected chi connectivity index (χ4v) is 2.18. The average molecular weight is 335 g/mol. The Morgan fingerprint density at radius 3 is 2.45 bits per heavy atom. The van der Waals surface area contributed by atoms with Gasteiger partial charge in [0, 0.05) is 16.7 Å². The molecule has 5 heteroatoms. The summed E-state index contributed by atoms with van der Waals surface area (Å²) in [4.78, 5) is 12.1. The zero-order chi connectivity index (χ0) is 14.5. The summed E-state index contributed by atoms with van der Waals surface area (Å²) in [5.41, 5.74) is 8.55. The van der Waals surface area contributed by atoms with Crippen molar-refractivity contribution in [2.24, 2.45) is 0 Å². The van der Waals surface area contributed by atoms with Gasteiger partial charge in [-0.15, -0.1) is 0 Å². The summed E-state index contributed by atoms with van der Waals surface area (Å²) in [7, 11) is 0. The fourth-order valence-electron chi connectivity index (χ4n) is 1.76. The molecule has 0 saturated carbocycles. The van der Waals surface area contributed by atoms with Gasteiger partial charge in [-0.1, -0.05) is 24.3 Å². The molecule has 0 aliphatic heterocycles. The second kappa shape index (κ2) is 6.54. The van der Waals surface area contributed by atoms with Gasteiger partial charge < -0.3 is 16.2 Å². The third-order valence-electron chi connectivity index (χ3n) is 2.89. The van der Waals surface area contributed by atoms with Gasteiger partial charge in [0.25, 0.3) is 5.91 Å². The van der Waals surface area contributed by atoms with E-state index in [1.165, 1.54) is 0 Å². The van der Waals surface area contributed by atoms with Gasteiger partial charge >= 0.3 is 0 Å². The van der Waals surface area contributed by atoms with Crippen LogP contribution in [-0.4, -0.2) is 11.0 Å². The molecule has 2 aromatic carbocycles. The van der Waals surface area contributed by atoms with Gasteiger partial charge in [0.1, 0.15) is 0 Å². The summed E-state index contributed by atoms with van der Waals surface area (Å²) in [6, 6.07) is 12.5. The van der Waals surface area contributed by atoms with E-state index in [2.05, 4.69) is 21.2 Å². The molecule has 1 amide bonds. The van der Waals surface area contributed by atoms with Crippen LogP contribution in [0.2, 0.25) is 0 Å². The lowest BCUT2D eigenvalue weighted by molar-refractivity contribution is 0.0950. The number of hydrogen-bond donors (Lipinski definition) is 3. The zero-order valence-corrected chi connectivity index (χ0v) is 12.4. The molecule has 2 aromatic rings. The average Bonchev–Trinajstić information content (AvgIpc) is 2.47. The van der Waals surface area contributed by atoms with Crippen molar-refractivity contribution in [1.29, 1.82) is 0 Å². The Morgan fingerprint density at radius 1 is 1.15 bits per heavy atom. The Bertz CT molecular complexity index is 612. The molecule has 4 nitrogen and oxygen atoms in total. The summed E-state index contributed by atoms with van der Waals surface area (Å²) in [6.07, 6.45) is 0. The summed E-state index contributed by atoms with van der Waals surface area (Å²) in [6.45, 7) is 0.439. The molecule has 20 heavy (non-hydrogen) atoms. The van der Waals surface area contributed by atoms with Crippen molar-refractivity contribution in [2.75, 3.05) is 5.73 Å². The first-order valence-corrected chi connectivity index (χ1v) is 6.91. The molecule has 104 valence electrons. The maximum absolute atomic E-state index is 12.1.